The molecule has 28 heteroatoms. The summed E-state index contributed by atoms with van der Waals surface area (Å²) in [5.74, 6) is 0.281. The molecule has 9 rings (SSSR count). The molecule has 3 fully saturated rings. The van der Waals surface area contributed by atoms with Crippen LogP contribution < -0.4 is 26.9 Å². The molecule has 4 unspecified atom stereocenters. The molecule has 0 aromatic carbocycles. The highest BCUT2D eigenvalue weighted by Crippen LogP contribution is 2.45. The number of amides is 2. The Morgan fingerprint density at radius 1 is 0.729 bits per heavy atom. The van der Waals surface area contributed by atoms with E-state index in [-0.39, 0.29) is 35.4 Å². The molecule has 6 aromatic rings. The number of aliphatic hydroxyl groups is 6. The summed E-state index contributed by atoms with van der Waals surface area (Å²) in [7, 11) is 2.79. The van der Waals surface area contributed by atoms with Crippen LogP contribution in [0.15, 0.2) is 49.3 Å². The van der Waals surface area contributed by atoms with Gasteiger partial charge in [-0.05, 0) is 82.3 Å². The average Bonchev–Trinajstić information content (AvgIpc) is 4.21. The van der Waals surface area contributed by atoms with Gasteiger partial charge < -0.3 is 80.7 Å². The summed E-state index contributed by atoms with van der Waals surface area (Å²) < 4.78 is 28.1. The zero-order valence-corrected chi connectivity index (χ0v) is 42.8. The third kappa shape index (κ3) is 10.0. The van der Waals surface area contributed by atoms with Crippen molar-refractivity contribution in [2.75, 3.05) is 38.8 Å². The van der Waals surface area contributed by atoms with E-state index >= 15 is 0 Å². The van der Waals surface area contributed by atoms with Gasteiger partial charge >= 0.3 is 7.12 Å². The highest BCUT2D eigenvalue weighted by Gasteiger charge is 2.55. The Balaban J connectivity index is 0.000000175. The van der Waals surface area contributed by atoms with Crippen LogP contribution >= 0.6 is 45.3 Å². The lowest BCUT2D eigenvalue weighted by molar-refractivity contribution is -0.0948. The maximum Gasteiger partial charge on any atom is 0.505 e. The molecule has 0 saturated carbocycles. The molecule has 3 saturated heterocycles. The summed E-state index contributed by atoms with van der Waals surface area (Å²) in [6, 6.07) is 7.18. The Morgan fingerprint density at radius 2 is 1.17 bits per heavy atom. The standard InChI is InChI=1S/C18H21N5O5S.C12H18BNO3S.C12H15IN4O4.O2/c1-18(27)13(25)9(6-24)28-17(18)23-5-8(12-14(19)21-7-22-15(12)23)10-3-4-11(29-10)16(26)20-2;1-11(2)12(3,4)17-13(16-11)9-7-6-8(18-9)10(15)14-5;1-12(20)8(19)6(3-18)21-11(12)17-2-5(13)7-9(14)15-4-16-10(7)17;1-2/h3-5,7,9,13,17,24-25,27H,6H2,1-2H3,(H,20,26)(H2,19,21,22);6-7H,1-5H3,(H,14,15);2,4,6,8,11,18-20H,3H2,1H3,(H2,14,15,16);/t9?,13?,17-,18-;;6?,8?,11-,12-;/m1.1./s1. The van der Waals surface area contributed by atoms with Crippen LogP contribution in [0.2, 0.25) is 0 Å². The molecular weight excluding hydrogens is 1070 g/mol. The number of nitrogen functional groups attached to an aromatic ring is 2. The lowest BCUT2D eigenvalue weighted by Gasteiger charge is -2.32. The number of nitrogens with one attached hydrogen (secondary N) is 2. The van der Waals surface area contributed by atoms with Gasteiger partial charge in [-0.25, -0.2) is 19.9 Å². The zero-order valence-electron chi connectivity index (χ0n) is 39.1. The number of fused-ring (bicyclic) bond motifs is 2. The number of carbonyl (C=O) groups excluding carboxylic acids is 2. The molecule has 70 heavy (non-hydrogen) atoms. The van der Waals surface area contributed by atoms with E-state index in [0.717, 1.165) is 13.2 Å². The molecule has 378 valence electrons. The molecule has 12 N–H and O–H groups in total. The van der Waals surface area contributed by atoms with Crippen molar-refractivity contribution in [3.8, 4) is 10.4 Å². The van der Waals surface area contributed by atoms with Gasteiger partial charge in [-0.3, -0.25) is 9.59 Å². The van der Waals surface area contributed by atoms with Crippen LogP contribution in [0.4, 0.5) is 11.6 Å². The second kappa shape index (κ2) is 21.1. The van der Waals surface area contributed by atoms with Crippen molar-refractivity contribution in [2.45, 2.75) is 101 Å². The van der Waals surface area contributed by atoms with Crippen molar-refractivity contribution < 1.29 is 59.0 Å². The number of nitrogens with two attached hydrogens (primary N) is 2. The van der Waals surface area contributed by atoms with Gasteiger partial charge in [-0.1, -0.05) is 6.07 Å². The smallest absolute Gasteiger partial charge is 0.399 e. The molecule has 0 bridgehead atoms. The Morgan fingerprint density at radius 3 is 1.64 bits per heavy atom. The van der Waals surface area contributed by atoms with Gasteiger partial charge in [0.25, 0.3) is 11.8 Å². The lowest BCUT2D eigenvalue weighted by Crippen LogP contribution is -2.44. The van der Waals surface area contributed by atoms with Gasteiger partial charge in [0.2, 0.25) is 0 Å². The molecule has 24 nitrogen and oxygen atoms in total. The summed E-state index contributed by atoms with van der Waals surface area (Å²) >= 11 is 4.77. The number of carbonyl (C=O) groups is 2. The van der Waals surface area contributed by atoms with E-state index in [9.17, 15) is 40.2 Å². The summed E-state index contributed by atoms with van der Waals surface area (Å²) in [4.78, 5) is 55.9. The number of ether oxygens (including phenoxy) is 2. The number of hydrogen-bond acceptors (Lipinski definition) is 22. The number of aliphatic hydroxyl groups excluding tert-OH is 4. The van der Waals surface area contributed by atoms with Crippen LogP contribution in [0.25, 0.3) is 32.5 Å². The number of rotatable bonds is 8. The minimum Gasteiger partial charge on any atom is -0.399 e. The molecule has 6 aromatic heterocycles. The Bertz CT molecular complexity index is 2820. The maximum atomic E-state index is 11.9. The highest BCUT2D eigenvalue weighted by atomic mass is 127. The normalized spacial score (nSPS) is 26.5. The molecule has 3 aliphatic rings. The van der Waals surface area contributed by atoms with Crippen LogP contribution in [0.5, 0.6) is 0 Å². The molecule has 9 heterocycles. The van der Waals surface area contributed by atoms with Gasteiger partial charge in [-0.15, -0.1) is 22.7 Å². The molecule has 8 atom stereocenters. The largest absolute Gasteiger partial charge is 0.505 e. The van der Waals surface area contributed by atoms with E-state index < -0.39 is 61.8 Å². The van der Waals surface area contributed by atoms with E-state index in [1.54, 1.807) is 53.8 Å². The van der Waals surface area contributed by atoms with Gasteiger partial charge in [0.1, 0.15) is 71.2 Å². The van der Waals surface area contributed by atoms with Crippen molar-refractivity contribution in [2.24, 2.45) is 0 Å². The van der Waals surface area contributed by atoms with Crippen molar-refractivity contribution in [3.05, 3.63) is 72.6 Å². The van der Waals surface area contributed by atoms with E-state index in [1.807, 2.05) is 33.8 Å². The van der Waals surface area contributed by atoms with E-state index in [4.69, 9.17) is 40.2 Å². The topological polar surface area (TPSA) is 364 Å². The third-order valence-corrected chi connectivity index (χ3v) is 15.5. The van der Waals surface area contributed by atoms with Gasteiger partial charge in [0, 0.05) is 55.2 Å². The molecule has 2 amide bonds. The van der Waals surface area contributed by atoms with Crippen LogP contribution in [0, 0.1) is 13.5 Å². The fourth-order valence-electron chi connectivity index (χ4n) is 7.91. The molecular formula is C42H54BIN10O14S2. The first kappa shape index (κ1) is 54.5. The fourth-order valence-corrected chi connectivity index (χ4v) is 10.6. The zero-order chi connectivity index (χ0) is 51.8. The Hall–Kier alpha value is -4.83. The first-order chi connectivity index (χ1) is 32.9. The first-order valence-corrected chi connectivity index (χ1v) is 24.0. The van der Waals surface area contributed by atoms with Gasteiger partial charge in [0.15, 0.2) is 12.5 Å². The minimum absolute atomic E-state index is 0.0808. The molecule has 3 aliphatic heterocycles. The van der Waals surface area contributed by atoms with Gasteiger partial charge in [-0.2, -0.15) is 0 Å². The number of aromatic nitrogens is 6. The van der Waals surface area contributed by atoms with E-state index in [0.29, 0.717) is 43.2 Å². The van der Waals surface area contributed by atoms with Crippen LogP contribution in [0.1, 0.15) is 73.3 Å². The second-order valence-corrected chi connectivity index (χ2v) is 21.0. The molecule has 0 aliphatic carbocycles. The van der Waals surface area contributed by atoms with Crippen LogP contribution in [0.3, 0.4) is 0 Å². The lowest BCUT2D eigenvalue weighted by atomic mass is 9.88. The monoisotopic (exact) mass is 1120 g/mol. The number of halogens is 1. The second-order valence-electron chi connectivity index (χ2n) is 17.6. The highest BCUT2D eigenvalue weighted by molar-refractivity contribution is 14.1. The molecule has 0 spiro atoms. The van der Waals surface area contributed by atoms with Crippen molar-refractivity contribution in [1.29, 1.82) is 0 Å². The van der Waals surface area contributed by atoms with Gasteiger partial charge in [0.05, 0.1) is 44.9 Å². The third-order valence-electron chi connectivity index (χ3n) is 12.5. The maximum absolute atomic E-state index is 11.9. The predicted octanol–water partition coefficient (Wildman–Crippen LogP) is 1.20. The van der Waals surface area contributed by atoms with Crippen molar-refractivity contribution in [3.63, 3.8) is 0 Å². The summed E-state index contributed by atoms with van der Waals surface area (Å²) in [5.41, 5.74) is 9.59. The summed E-state index contributed by atoms with van der Waals surface area (Å²) in [6.45, 7) is 10.1. The number of thiophene rings is 2. The van der Waals surface area contributed by atoms with Crippen LogP contribution in [-0.2, 0) is 18.8 Å². The van der Waals surface area contributed by atoms with Crippen molar-refractivity contribution in [1.82, 2.24) is 39.7 Å². The predicted molar refractivity (Wildman–Crippen MR) is 269 cm³/mol. The number of hydrogen-bond donors (Lipinski definition) is 10. The van der Waals surface area contributed by atoms with E-state index in [1.165, 1.54) is 49.2 Å². The number of anilines is 2. The van der Waals surface area contributed by atoms with Crippen LogP contribution in [-0.4, -0.2) is 153 Å². The Kier molecular flexibility index (Phi) is 16.4. The van der Waals surface area contributed by atoms with E-state index in [2.05, 4.69) is 53.2 Å². The quantitative estimate of drug-likeness (QED) is 0.0756. The number of nitrogens with zero attached hydrogens (tertiary/aromatic N) is 6. The SMILES string of the molecule is CNC(=O)c1ccc(-c2cn([C@@H]3OC(CO)C(O)[C@@]3(C)O)c3ncnc(N)c23)s1.CNC(=O)c1ccc(B2OC(C)(C)C(C)(C)O2)s1.C[C@@]1(O)C(O)C(CO)O[C@H]1n1cc(I)c2c(N)ncnc21.O=O. The summed E-state index contributed by atoms with van der Waals surface area (Å²) in [6.07, 6.45) is -0.164. The minimum atomic E-state index is -1.68. The first-order valence-electron chi connectivity index (χ1n) is 21.3. The van der Waals surface area contributed by atoms with Crippen molar-refractivity contribution >= 4 is 103 Å². The fraction of sp³-hybridized carbons (Fsp3) is 0.476. The Labute approximate surface area is 421 Å². The summed E-state index contributed by atoms with van der Waals surface area (Å²) in [5, 5.41) is 66.9. The molecule has 0 radical (unpaired) electrons. The average molecular weight is 1120 g/mol.